The number of morpholine rings is 1. The van der Waals surface area contributed by atoms with Gasteiger partial charge in [-0.2, -0.15) is 0 Å². The highest BCUT2D eigenvalue weighted by molar-refractivity contribution is 5.80. The van der Waals surface area contributed by atoms with Crippen LogP contribution in [-0.4, -0.2) is 37.2 Å². The van der Waals surface area contributed by atoms with E-state index in [0.29, 0.717) is 0 Å². The molecule has 0 aromatic heterocycles. The van der Waals surface area contributed by atoms with Crippen LogP contribution < -0.4 is 11.5 Å². The molecule has 1 aromatic carbocycles. The number of para-hydroxylation sites is 1. The monoisotopic (exact) mass is 248 g/mol. The Morgan fingerprint density at radius 1 is 1.33 bits per heavy atom. The number of nitrogens with zero attached hydrogens (tertiary/aromatic N) is 2. The number of benzene rings is 1. The minimum absolute atomic E-state index is 0.104. The van der Waals surface area contributed by atoms with Gasteiger partial charge in [0.15, 0.2) is 5.96 Å². The Hall–Kier alpha value is -1.59. The zero-order valence-corrected chi connectivity index (χ0v) is 10.7. The van der Waals surface area contributed by atoms with E-state index in [2.05, 4.69) is 16.0 Å². The topological polar surface area (TPSA) is 76.9 Å². The summed E-state index contributed by atoms with van der Waals surface area (Å²) in [5.74, 6) is 0.104. The zero-order valence-electron chi connectivity index (χ0n) is 10.7. The second-order valence-electron chi connectivity index (χ2n) is 4.51. The molecule has 98 valence electrons. The maximum absolute atomic E-state index is 5.49. The first-order chi connectivity index (χ1) is 8.66. The van der Waals surface area contributed by atoms with E-state index >= 15 is 0 Å². The van der Waals surface area contributed by atoms with Crippen molar-refractivity contribution in [1.82, 2.24) is 4.90 Å². The Balaban J connectivity index is 2.20. The molecule has 0 saturated carbocycles. The molecule has 0 atom stereocenters. The summed E-state index contributed by atoms with van der Waals surface area (Å²) in [7, 11) is 0. The van der Waals surface area contributed by atoms with Crippen LogP contribution in [0.4, 0.5) is 5.69 Å². The summed E-state index contributed by atoms with van der Waals surface area (Å²) >= 11 is 0. The summed E-state index contributed by atoms with van der Waals surface area (Å²) in [6.07, 6.45) is 0. The van der Waals surface area contributed by atoms with Crippen molar-refractivity contribution in [2.75, 3.05) is 26.3 Å². The van der Waals surface area contributed by atoms with Crippen molar-refractivity contribution in [2.45, 2.75) is 13.5 Å². The summed E-state index contributed by atoms with van der Waals surface area (Å²) < 4.78 is 5.35. The van der Waals surface area contributed by atoms with Crippen LogP contribution >= 0.6 is 0 Å². The molecule has 1 aliphatic rings. The maximum atomic E-state index is 5.49. The van der Waals surface area contributed by atoms with Crippen LogP contribution in [0.1, 0.15) is 11.1 Å². The predicted molar refractivity (Wildman–Crippen MR) is 72.7 cm³/mol. The number of guanidine groups is 1. The van der Waals surface area contributed by atoms with Crippen LogP contribution in [0, 0.1) is 6.92 Å². The van der Waals surface area contributed by atoms with Crippen LogP contribution in [0.15, 0.2) is 23.2 Å². The molecule has 5 nitrogen and oxygen atoms in total. The third-order valence-corrected chi connectivity index (χ3v) is 3.06. The summed E-state index contributed by atoms with van der Waals surface area (Å²) in [6.45, 7) is 6.37. The van der Waals surface area contributed by atoms with E-state index in [0.717, 1.165) is 49.7 Å². The molecule has 1 aliphatic heterocycles. The van der Waals surface area contributed by atoms with Gasteiger partial charge in [0.1, 0.15) is 0 Å². The molecule has 0 spiro atoms. The van der Waals surface area contributed by atoms with Gasteiger partial charge < -0.3 is 16.2 Å². The molecule has 1 fully saturated rings. The number of hydrogen-bond acceptors (Lipinski definition) is 3. The Morgan fingerprint density at radius 3 is 2.72 bits per heavy atom. The van der Waals surface area contributed by atoms with Gasteiger partial charge >= 0.3 is 0 Å². The second kappa shape index (κ2) is 5.84. The fourth-order valence-electron chi connectivity index (χ4n) is 2.14. The Bertz CT molecular complexity index is 435. The van der Waals surface area contributed by atoms with Crippen molar-refractivity contribution >= 4 is 11.6 Å². The molecule has 4 N–H and O–H groups in total. The highest BCUT2D eigenvalue weighted by atomic mass is 16.5. The van der Waals surface area contributed by atoms with Gasteiger partial charge in [-0.25, -0.2) is 4.99 Å². The fraction of sp³-hybridized carbons (Fsp3) is 0.462. The minimum Gasteiger partial charge on any atom is -0.379 e. The van der Waals surface area contributed by atoms with Crippen LogP contribution in [-0.2, 0) is 11.3 Å². The summed E-state index contributed by atoms with van der Waals surface area (Å²) in [5.41, 5.74) is 14.1. The molecule has 1 heterocycles. The third-order valence-electron chi connectivity index (χ3n) is 3.06. The van der Waals surface area contributed by atoms with E-state index in [9.17, 15) is 0 Å². The van der Waals surface area contributed by atoms with Gasteiger partial charge in [0.05, 0.1) is 18.9 Å². The zero-order chi connectivity index (χ0) is 13.0. The molecule has 2 rings (SSSR count). The van der Waals surface area contributed by atoms with E-state index in [4.69, 9.17) is 16.2 Å². The number of aryl methyl sites for hydroxylation is 1. The lowest BCUT2D eigenvalue weighted by Crippen LogP contribution is -2.35. The van der Waals surface area contributed by atoms with Crippen molar-refractivity contribution in [3.05, 3.63) is 29.3 Å². The molecule has 1 aromatic rings. The average molecular weight is 248 g/mol. The Kier molecular flexibility index (Phi) is 4.17. The number of hydrogen-bond donors (Lipinski definition) is 2. The van der Waals surface area contributed by atoms with Gasteiger partial charge in [0.25, 0.3) is 0 Å². The third kappa shape index (κ3) is 3.21. The highest BCUT2D eigenvalue weighted by Gasteiger charge is 2.13. The van der Waals surface area contributed by atoms with E-state index < -0.39 is 0 Å². The molecular formula is C13H20N4O. The van der Waals surface area contributed by atoms with Crippen LogP contribution in [0.25, 0.3) is 0 Å². The van der Waals surface area contributed by atoms with Crippen LogP contribution in [0.5, 0.6) is 0 Å². The van der Waals surface area contributed by atoms with Gasteiger partial charge in [-0.05, 0) is 18.1 Å². The first-order valence-corrected chi connectivity index (χ1v) is 6.15. The second-order valence-corrected chi connectivity index (χ2v) is 4.51. The molecular weight excluding hydrogens is 228 g/mol. The first-order valence-electron chi connectivity index (χ1n) is 6.15. The molecule has 0 aliphatic carbocycles. The average Bonchev–Trinajstić information content (AvgIpc) is 2.34. The number of ether oxygens (including phenoxy) is 1. The van der Waals surface area contributed by atoms with Gasteiger partial charge in [-0.15, -0.1) is 0 Å². The van der Waals surface area contributed by atoms with Crippen LogP contribution in [0.3, 0.4) is 0 Å². The fourth-order valence-corrected chi connectivity index (χ4v) is 2.14. The Morgan fingerprint density at radius 2 is 2.06 bits per heavy atom. The smallest absolute Gasteiger partial charge is 0.191 e. The highest BCUT2D eigenvalue weighted by Crippen LogP contribution is 2.25. The van der Waals surface area contributed by atoms with Gasteiger partial charge in [0, 0.05) is 19.6 Å². The van der Waals surface area contributed by atoms with E-state index in [1.807, 2.05) is 19.1 Å². The van der Waals surface area contributed by atoms with E-state index in [-0.39, 0.29) is 5.96 Å². The number of nitrogens with two attached hydrogens (primary N) is 2. The van der Waals surface area contributed by atoms with Gasteiger partial charge in [0.2, 0.25) is 0 Å². The van der Waals surface area contributed by atoms with Crippen molar-refractivity contribution in [2.24, 2.45) is 16.5 Å². The lowest BCUT2D eigenvalue weighted by molar-refractivity contribution is 0.0342. The summed E-state index contributed by atoms with van der Waals surface area (Å²) in [5, 5.41) is 0. The SMILES string of the molecule is Cc1cccc(CN2CCOCC2)c1N=C(N)N. The Labute approximate surface area is 107 Å². The first kappa shape index (κ1) is 12.9. The quantitative estimate of drug-likeness (QED) is 0.611. The summed E-state index contributed by atoms with van der Waals surface area (Å²) in [4.78, 5) is 6.59. The summed E-state index contributed by atoms with van der Waals surface area (Å²) in [6, 6.07) is 6.13. The largest absolute Gasteiger partial charge is 0.379 e. The van der Waals surface area contributed by atoms with Crippen molar-refractivity contribution in [3.8, 4) is 0 Å². The number of rotatable bonds is 3. The maximum Gasteiger partial charge on any atom is 0.191 e. The van der Waals surface area contributed by atoms with Crippen LogP contribution in [0.2, 0.25) is 0 Å². The molecule has 5 heteroatoms. The normalized spacial score (nSPS) is 16.5. The molecule has 18 heavy (non-hydrogen) atoms. The molecule has 0 radical (unpaired) electrons. The van der Waals surface area contributed by atoms with E-state index in [1.165, 1.54) is 0 Å². The van der Waals surface area contributed by atoms with Crippen molar-refractivity contribution < 1.29 is 4.74 Å². The molecule has 0 unspecified atom stereocenters. The van der Waals surface area contributed by atoms with Gasteiger partial charge in [-0.1, -0.05) is 18.2 Å². The van der Waals surface area contributed by atoms with Gasteiger partial charge in [-0.3, -0.25) is 4.90 Å². The molecule has 0 amide bonds. The van der Waals surface area contributed by atoms with E-state index in [1.54, 1.807) is 0 Å². The minimum atomic E-state index is 0.104. The van der Waals surface area contributed by atoms with Crippen molar-refractivity contribution in [3.63, 3.8) is 0 Å². The molecule has 0 bridgehead atoms. The lowest BCUT2D eigenvalue weighted by atomic mass is 10.1. The predicted octanol–water partition coefficient (Wildman–Crippen LogP) is 0.732. The lowest BCUT2D eigenvalue weighted by Gasteiger charge is -2.27. The van der Waals surface area contributed by atoms with Crippen molar-refractivity contribution in [1.29, 1.82) is 0 Å². The standard InChI is InChI=1S/C13H20N4O/c1-10-3-2-4-11(12(10)16-13(14)15)9-17-5-7-18-8-6-17/h2-4H,5-9H2,1H3,(H4,14,15,16). The molecule has 1 saturated heterocycles. The number of aliphatic imine (C=N–C) groups is 1.